The number of sulfonamides is 1. The summed E-state index contributed by atoms with van der Waals surface area (Å²) in [6, 6.07) is 1.29. The van der Waals surface area contributed by atoms with Gasteiger partial charge in [0, 0.05) is 25.0 Å². The van der Waals surface area contributed by atoms with Gasteiger partial charge in [-0.2, -0.15) is 4.31 Å². The van der Waals surface area contributed by atoms with E-state index in [2.05, 4.69) is 10.3 Å². The van der Waals surface area contributed by atoms with E-state index < -0.39 is 57.6 Å². The van der Waals surface area contributed by atoms with Crippen LogP contribution in [0.1, 0.15) is 37.0 Å². The van der Waals surface area contributed by atoms with Gasteiger partial charge in [0.25, 0.3) is 15.1 Å². The van der Waals surface area contributed by atoms with E-state index in [9.17, 15) is 27.6 Å². The number of fused-ring (bicyclic) bond motifs is 1. The summed E-state index contributed by atoms with van der Waals surface area (Å²) in [5.41, 5.74) is -0.114. The number of furan rings is 1. The number of rotatable bonds is 7. The second kappa shape index (κ2) is 10.2. The van der Waals surface area contributed by atoms with Crippen LogP contribution in [-0.4, -0.2) is 76.7 Å². The van der Waals surface area contributed by atoms with Crippen molar-refractivity contribution in [1.82, 2.24) is 19.5 Å². The van der Waals surface area contributed by atoms with Gasteiger partial charge in [0.1, 0.15) is 18.3 Å². The predicted molar refractivity (Wildman–Crippen MR) is 124 cm³/mol. The van der Waals surface area contributed by atoms with Gasteiger partial charge in [-0.15, -0.1) is 0 Å². The maximum atomic E-state index is 13.5. The number of Topliss-reactive ketones (excluding diaryl/α,β-unsaturated/α-hetero) is 1. The van der Waals surface area contributed by atoms with Crippen molar-refractivity contribution in [2.75, 3.05) is 13.1 Å². The Morgan fingerprint density at radius 3 is 2.69 bits per heavy atom. The maximum Gasteiger partial charge on any atom is 0.413 e. The first-order valence-corrected chi connectivity index (χ1v) is 12.8. The largest absolute Gasteiger partial charge is 0.469 e. The molecule has 0 radical (unpaired) electrons. The highest BCUT2D eigenvalue weighted by Gasteiger charge is 2.55. The van der Waals surface area contributed by atoms with Crippen LogP contribution in [0.25, 0.3) is 0 Å². The number of likely N-dealkylation sites (tertiary alicyclic amines) is 1. The number of hydrogen-bond acceptors (Lipinski definition) is 9. The second-order valence-corrected chi connectivity index (χ2v) is 10.8. The molecule has 0 bridgehead atoms. The number of nitrogens with one attached hydrogen (secondary N) is 1. The molecular formula is C23H26N4O8S. The zero-order chi connectivity index (χ0) is 26.0. The molecule has 2 amide bonds. The van der Waals surface area contributed by atoms with Crippen molar-refractivity contribution in [2.24, 2.45) is 5.92 Å². The van der Waals surface area contributed by atoms with Gasteiger partial charge in [-0.25, -0.2) is 13.2 Å². The molecule has 3 atom stereocenters. The molecule has 2 aliphatic heterocycles. The quantitative estimate of drug-likeness (QED) is 0.569. The summed E-state index contributed by atoms with van der Waals surface area (Å²) in [7, 11) is -4.52. The number of aromatic nitrogens is 1. The number of amides is 2. The molecule has 0 aliphatic carbocycles. The molecule has 2 saturated heterocycles. The molecule has 0 aromatic carbocycles. The molecule has 12 nitrogen and oxygen atoms in total. The van der Waals surface area contributed by atoms with E-state index in [0.717, 1.165) is 10.5 Å². The molecule has 192 valence electrons. The van der Waals surface area contributed by atoms with E-state index in [1.807, 2.05) is 13.8 Å². The van der Waals surface area contributed by atoms with Crippen LogP contribution in [0.2, 0.25) is 0 Å². The van der Waals surface area contributed by atoms with Gasteiger partial charge < -0.3 is 19.4 Å². The van der Waals surface area contributed by atoms with Crippen LogP contribution in [0.5, 0.6) is 5.75 Å². The van der Waals surface area contributed by atoms with Crippen molar-refractivity contribution in [3.8, 4) is 5.75 Å². The summed E-state index contributed by atoms with van der Waals surface area (Å²) in [5, 5.41) is 1.38. The molecule has 36 heavy (non-hydrogen) atoms. The number of carbonyl (C=O) groups excluding carboxylic acids is 4. The van der Waals surface area contributed by atoms with Crippen molar-refractivity contribution in [2.45, 2.75) is 44.8 Å². The van der Waals surface area contributed by atoms with Gasteiger partial charge in [0.2, 0.25) is 5.91 Å². The van der Waals surface area contributed by atoms with E-state index in [1.54, 1.807) is 0 Å². The summed E-state index contributed by atoms with van der Waals surface area (Å²) in [6.45, 7) is 3.32. The first-order valence-electron chi connectivity index (χ1n) is 11.4. The number of pyridine rings is 1. The van der Waals surface area contributed by atoms with Gasteiger partial charge >= 0.3 is 6.09 Å². The van der Waals surface area contributed by atoms with Crippen LogP contribution >= 0.6 is 0 Å². The summed E-state index contributed by atoms with van der Waals surface area (Å²) >= 11 is 0. The number of carbonyl (C=O) groups is 4. The summed E-state index contributed by atoms with van der Waals surface area (Å²) in [5.74, 6) is -0.835. The summed E-state index contributed by atoms with van der Waals surface area (Å²) in [4.78, 5) is 56.5. The topological polar surface area (TPSA) is 156 Å². The molecule has 1 N–H and O–H groups in total. The Bertz CT molecular complexity index is 1250. The number of ketones is 1. The van der Waals surface area contributed by atoms with Crippen molar-refractivity contribution in [3.63, 3.8) is 0 Å². The molecule has 13 heteroatoms. The fourth-order valence-corrected chi connectivity index (χ4v) is 6.07. The maximum absolute atomic E-state index is 13.5. The van der Waals surface area contributed by atoms with E-state index >= 15 is 0 Å². The van der Waals surface area contributed by atoms with Crippen LogP contribution < -0.4 is 10.1 Å². The van der Waals surface area contributed by atoms with Crippen LogP contribution in [0.15, 0.2) is 47.5 Å². The Balaban J connectivity index is 1.51. The number of hydrogen-bond donors (Lipinski definition) is 1. The Kier molecular flexibility index (Phi) is 7.22. The highest BCUT2D eigenvalue weighted by Crippen LogP contribution is 2.33. The van der Waals surface area contributed by atoms with E-state index in [1.165, 1.54) is 41.8 Å². The monoisotopic (exact) mass is 518 g/mol. The molecule has 0 saturated carbocycles. The van der Waals surface area contributed by atoms with Crippen molar-refractivity contribution < 1.29 is 36.7 Å². The predicted octanol–water partition coefficient (Wildman–Crippen LogP) is 1.20. The lowest BCUT2D eigenvalue weighted by atomic mass is 10.0. The van der Waals surface area contributed by atoms with Crippen molar-refractivity contribution >= 4 is 32.9 Å². The molecule has 2 aromatic heterocycles. The normalized spacial score (nSPS) is 20.9. The van der Waals surface area contributed by atoms with Gasteiger partial charge in [-0.05, 0) is 30.9 Å². The van der Waals surface area contributed by atoms with Gasteiger partial charge in [-0.3, -0.25) is 19.4 Å². The van der Waals surface area contributed by atoms with Gasteiger partial charge in [0.05, 0.1) is 24.4 Å². The van der Waals surface area contributed by atoms with Crippen molar-refractivity contribution in [3.05, 3.63) is 48.7 Å². The third kappa shape index (κ3) is 5.02. The Labute approximate surface area is 207 Å². The third-order valence-corrected chi connectivity index (χ3v) is 7.83. The minimum Gasteiger partial charge on any atom is -0.469 e. The van der Waals surface area contributed by atoms with E-state index in [0.29, 0.717) is 0 Å². The zero-order valence-corrected chi connectivity index (χ0v) is 20.5. The third-order valence-electron chi connectivity index (χ3n) is 6.10. The Hall–Kier alpha value is -3.58. The second-order valence-electron chi connectivity index (χ2n) is 9.05. The fourth-order valence-electron chi connectivity index (χ4n) is 4.56. The number of nitrogens with zero attached hydrogens (tertiary/aromatic N) is 3. The van der Waals surface area contributed by atoms with Crippen LogP contribution in [-0.2, 0) is 19.6 Å². The molecular weight excluding hydrogens is 492 g/mol. The molecule has 2 fully saturated rings. The molecule has 4 rings (SSSR count). The average molecular weight is 519 g/mol. The van der Waals surface area contributed by atoms with Gasteiger partial charge in [-0.1, -0.05) is 13.8 Å². The standard InChI is InChI=1S/C23H26N4O8S/c1-14(2)10-17(25-23(31)35-16-6-9-34-13-16)21(29)26-8-5-18-20(26)19(28)12-27(18)36(32,33)22(30)15-4-3-7-24-11-15/h3-4,6-7,9,11,13-14,17-18,20H,5,8,10,12H2,1-2H3,(H,25,31). The van der Waals surface area contributed by atoms with Crippen molar-refractivity contribution in [1.29, 1.82) is 0 Å². The van der Waals surface area contributed by atoms with Crippen LogP contribution in [0.4, 0.5) is 4.79 Å². The Morgan fingerprint density at radius 2 is 2.06 bits per heavy atom. The molecule has 4 heterocycles. The molecule has 3 unspecified atom stereocenters. The van der Waals surface area contributed by atoms with Gasteiger partial charge in [0.15, 0.2) is 11.5 Å². The lowest BCUT2D eigenvalue weighted by molar-refractivity contribution is -0.138. The molecule has 2 aromatic rings. The fraction of sp³-hybridized carbons (Fsp3) is 0.435. The smallest absolute Gasteiger partial charge is 0.413 e. The molecule has 2 aliphatic rings. The lowest BCUT2D eigenvalue weighted by Gasteiger charge is -2.28. The lowest BCUT2D eigenvalue weighted by Crippen LogP contribution is -2.53. The SMILES string of the molecule is CC(C)CC(NC(=O)Oc1ccoc1)C(=O)N1CCC2C1C(=O)CN2S(=O)(=O)C(=O)c1cccnc1. The minimum absolute atomic E-state index is 0.0137. The minimum atomic E-state index is -4.52. The van der Waals surface area contributed by atoms with Crippen LogP contribution in [0.3, 0.4) is 0 Å². The highest BCUT2D eigenvalue weighted by molar-refractivity contribution is 8.04. The average Bonchev–Trinajstić information content (AvgIpc) is 3.57. The molecule has 0 spiro atoms. The summed E-state index contributed by atoms with van der Waals surface area (Å²) < 4.78 is 37.0. The highest BCUT2D eigenvalue weighted by atomic mass is 32.2. The number of ether oxygens (including phenoxy) is 1. The summed E-state index contributed by atoms with van der Waals surface area (Å²) in [6.07, 6.45) is 4.68. The zero-order valence-electron chi connectivity index (χ0n) is 19.7. The van der Waals surface area contributed by atoms with Crippen LogP contribution in [0, 0.1) is 5.92 Å². The first kappa shape index (κ1) is 25.5. The van der Waals surface area contributed by atoms with E-state index in [-0.39, 0.29) is 36.6 Å². The Morgan fingerprint density at radius 1 is 1.28 bits per heavy atom. The van der Waals surface area contributed by atoms with E-state index in [4.69, 9.17) is 9.15 Å². The first-order chi connectivity index (χ1) is 17.1.